The predicted molar refractivity (Wildman–Crippen MR) is 85.1 cm³/mol. The van der Waals surface area contributed by atoms with Crippen molar-refractivity contribution < 1.29 is 4.79 Å². The molecule has 0 spiro atoms. The summed E-state index contributed by atoms with van der Waals surface area (Å²) >= 11 is 0. The van der Waals surface area contributed by atoms with Crippen LogP contribution in [0, 0.1) is 16.7 Å². The lowest BCUT2D eigenvalue weighted by Crippen LogP contribution is -2.34. The molecular formula is C17H23N3O. The maximum Gasteiger partial charge on any atom is 0.244 e. The first-order chi connectivity index (χ1) is 10.1. The lowest BCUT2D eigenvalue weighted by Gasteiger charge is -2.24. The summed E-state index contributed by atoms with van der Waals surface area (Å²) in [7, 11) is 3.92. The Morgan fingerprint density at radius 2 is 1.90 bits per heavy atom. The smallest absolute Gasteiger partial charge is 0.244 e. The van der Waals surface area contributed by atoms with Crippen LogP contribution in [0.2, 0.25) is 0 Å². The fraction of sp³-hybridized carbons (Fsp3) is 0.529. The van der Waals surface area contributed by atoms with Gasteiger partial charge in [0, 0.05) is 25.5 Å². The Morgan fingerprint density at radius 1 is 1.24 bits per heavy atom. The molecule has 1 aromatic carbocycles. The molecule has 4 nitrogen and oxygen atoms in total. The minimum absolute atomic E-state index is 0.150. The Kier molecular flexibility index (Phi) is 4.85. The second kappa shape index (κ2) is 6.62. The average molecular weight is 285 g/mol. The summed E-state index contributed by atoms with van der Waals surface area (Å²) in [6.45, 7) is 0. The van der Waals surface area contributed by atoms with E-state index in [-0.39, 0.29) is 5.91 Å². The van der Waals surface area contributed by atoms with Crippen molar-refractivity contribution in [3.05, 3.63) is 24.3 Å². The molecule has 1 amide bonds. The van der Waals surface area contributed by atoms with Crippen LogP contribution in [0.25, 0.3) is 0 Å². The molecule has 112 valence electrons. The van der Waals surface area contributed by atoms with Gasteiger partial charge in [0.1, 0.15) is 5.41 Å². The predicted octanol–water partition coefficient (Wildman–Crippen LogP) is 3.56. The number of hydrogen-bond acceptors (Lipinski definition) is 3. The number of rotatable bonds is 3. The van der Waals surface area contributed by atoms with Gasteiger partial charge in [-0.15, -0.1) is 0 Å². The molecule has 0 bridgehead atoms. The standard InChI is InChI=1S/C17H23N3O/c1-20(2)15-9-7-8-14(12-15)19-16(21)17(13-18)10-5-3-4-6-11-17/h7-9,12H,3-6,10-11H2,1-2H3,(H,19,21). The van der Waals surface area contributed by atoms with E-state index in [1.54, 1.807) is 0 Å². The Morgan fingerprint density at radius 3 is 2.48 bits per heavy atom. The van der Waals surface area contributed by atoms with Crippen molar-refractivity contribution in [3.8, 4) is 6.07 Å². The number of nitriles is 1. The fourth-order valence-electron chi connectivity index (χ4n) is 2.83. The number of nitrogens with one attached hydrogen (secondary N) is 1. The summed E-state index contributed by atoms with van der Waals surface area (Å²) < 4.78 is 0. The molecule has 1 N–H and O–H groups in total. The Hall–Kier alpha value is -2.02. The minimum Gasteiger partial charge on any atom is -0.378 e. The highest BCUT2D eigenvalue weighted by atomic mass is 16.2. The van der Waals surface area contributed by atoms with Gasteiger partial charge in [0.05, 0.1) is 6.07 Å². The zero-order valence-corrected chi connectivity index (χ0v) is 12.9. The first-order valence-corrected chi connectivity index (χ1v) is 7.57. The number of hydrogen-bond donors (Lipinski definition) is 1. The maximum atomic E-state index is 12.6. The summed E-state index contributed by atoms with van der Waals surface area (Å²) in [5, 5.41) is 12.5. The molecule has 0 aliphatic heterocycles. The van der Waals surface area contributed by atoms with Crippen molar-refractivity contribution in [1.29, 1.82) is 5.26 Å². The molecule has 0 saturated heterocycles. The van der Waals surface area contributed by atoms with Crippen molar-refractivity contribution in [2.45, 2.75) is 38.5 Å². The molecule has 0 aromatic heterocycles. The first-order valence-electron chi connectivity index (χ1n) is 7.57. The Labute approximate surface area is 126 Å². The number of carbonyl (C=O) groups excluding carboxylic acids is 1. The fourth-order valence-corrected chi connectivity index (χ4v) is 2.83. The van der Waals surface area contributed by atoms with Gasteiger partial charge in [0.2, 0.25) is 5.91 Å². The number of anilines is 2. The molecule has 0 radical (unpaired) electrons. The van der Waals surface area contributed by atoms with E-state index in [0.29, 0.717) is 12.8 Å². The maximum absolute atomic E-state index is 12.6. The molecule has 4 heteroatoms. The highest BCUT2D eigenvalue weighted by Crippen LogP contribution is 2.35. The van der Waals surface area contributed by atoms with Crippen molar-refractivity contribution in [2.75, 3.05) is 24.3 Å². The molecule has 21 heavy (non-hydrogen) atoms. The second-order valence-electron chi connectivity index (χ2n) is 6.01. The van der Waals surface area contributed by atoms with Gasteiger partial charge >= 0.3 is 0 Å². The lowest BCUT2D eigenvalue weighted by atomic mass is 9.81. The van der Waals surface area contributed by atoms with Crippen LogP contribution in [0.5, 0.6) is 0 Å². The van der Waals surface area contributed by atoms with E-state index in [1.165, 1.54) is 0 Å². The number of nitrogens with zero attached hydrogens (tertiary/aromatic N) is 2. The Balaban J connectivity index is 2.16. The molecule has 0 unspecified atom stereocenters. The normalized spacial score (nSPS) is 17.4. The molecule has 1 saturated carbocycles. The molecule has 0 atom stereocenters. The number of carbonyl (C=O) groups is 1. The molecule has 1 aliphatic rings. The zero-order chi connectivity index (χ0) is 15.3. The topological polar surface area (TPSA) is 56.1 Å². The molecule has 2 rings (SSSR count). The van der Waals surface area contributed by atoms with Gasteiger partial charge < -0.3 is 10.2 Å². The van der Waals surface area contributed by atoms with E-state index in [0.717, 1.165) is 37.1 Å². The summed E-state index contributed by atoms with van der Waals surface area (Å²) in [4.78, 5) is 14.6. The van der Waals surface area contributed by atoms with Crippen molar-refractivity contribution in [2.24, 2.45) is 5.41 Å². The van der Waals surface area contributed by atoms with Gasteiger partial charge in [-0.25, -0.2) is 0 Å². The van der Waals surface area contributed by atoms with Gasteiger partial charge in [-0.1, -0.05) is 31.7 Å². The van der Waals surface area contributed by atoms with Crippen LogP contribution < -0.4 is 10.2 Å². The second-order valence-corrected chi connectivity index (χ2v) is 6.01. The Bertz CT molecular complexity index is 537. The summed E-state index contributed by atoms with van der Waals surface area (Å²) in [5.74, 6) is -0.150. The summed E-state index contributed by atoms with van der Waals surface area (Å²) in [5.41, 5.74) is 0.926. The van der Waals surface area contributed by atoms with Gasteiger partial charge in [-0.2, -0.15) is 5.26 Å². The van der Waals surface area contributed by atoms with Crippen LogP contribution in [0.15, 0.2) is 24.3 Å². The van der Waals surface area contributed by atoms with Gasteiger partial charge in [0.25, 0.3) is 0 Å². The van der Waals surface area contributed by atoms with Crippen molar-refractivity contribution >= 4 is 17.3 Å². The van der Waals surface area contributed by atoms with E-state index < -0.39 is 5.41 Å². The zero-order valence-electron chi connectivity index (χ0n) is 12.9. The van der Waals surface area contributed by atoms with Crippen LogP contribution in [-0.4, -0.2) is 20.0 Å². The van der Waals surface area contributed by atoms with Crippen LogP contribution in [0.4, 0.5) is 11.4 Å². The van der Waals surface area contributed by atoms with Crippen molar-refractivity contribution in [1.82, 2.24) is 0 Å². The first kappa shape index (κ1) is 15.4. The van der Waals surface area contributed by atoms with Crippen molar-refractivity contribution in [3.63, 3.8) is 0 Å². The SMILES string of the molecule is CN(C)c1cccc(NC(=O)C2(C#N)CCCCCC2)c1. The molecule has 0 heterocycles. The van der Waals surface area contributed by atoms with Crippen LogP contribution in [-0.2, 0) is 4.79 Å². The van der Waals surface area contributed by atoms with Crippen LogP contribution >= 0.6 is 0 Å². The molecular weight excluding hydrogens is 262 g/mol. The quantitative estimate of drug-likeness (QED) is 0.864. The highest BCUT2D eigenvalue weighted by molar-refractivity contribution is 5.97. The molecule has 1 aliphatic carbocycles. The van der Waals surface area contributed by atoms with Crippen LogP contribution in [0.1, 0.15) is 38.5 Å². The lowest BCUT2D eigenvalue weighted by molar-refractivity contribution is -0.123. The van der Waals surface area contributed by atoms with E-state index in [1.807, 2.05) is 43.3 Å². The van der Waals surface area contributed by atoms with E-state index in [4.69, 9.17) is 0 Å². The monoisotopic (exact) mass is 285 g/mol. The summed E-state index contributed by atoms with van der Waals surface area (Å²) in [6.07, 6.45) is 5.49. The van der Waals surface area contributed by atoms with Gasteiger partial charge in [0.15, 0.2) is 0 Å². The van der Waals surface area contributed by atoms with Crippen LogP contribution in [0.3, 0.4) is 0 Å². The van der Waals surface area contributed by atoms with E-state index in [9.17, 15) is 10.1 Å². The number of benzene rings is 1. The molecule has 1 fully saturated rings. The average Bonchev–Trinajstić information content (AvgIpc) is 2.74. The third kappa shape index (κ3) is 3.55. The largest absolute Gasteiger partial charge is 0.378 e. The third-order valence-corrected chi connectivity index (χ3v) is 4.23. The van der Waals surface area contributed by atoms with E-state index >= 15 is 0 Å². The van der Waals surface area contributed by atoms with Gasteiger partial charge in [-0.05, 0) is 31.0 Å². The van der Waals surface area contributed by atoms with Gasteiger partial charge in [-0.3, -0.25) is 4.79 Å². The van der Waals surface area contributed by atoms with E-state index in [2.05, 4.69) is 11.4 Å². The molecule has 1 aromatic rings. The summed E-state index contributed by atoms with van der Waals surface area (Å²) in [6, 6.07) is 9.99. The number of amides is 1. The minimum atomic E-state index is -0.857. The third-order valence-electron chi connectivity index (χ3n) is 4.23. The highest BCUT2D eigenvalue weighted by Gasteiger charge is 2.38.